The van der Waals surface area contributed by atoms with Crippen molar-refractivity contribution in [3.05, 3.63) is 54.2 Å². The summed E-state index contributed by atoms with van der Waals surface area (Å²) in [6.07, 6.45) is 0. The van der Waals surface area contributed by atoms with E-state index in [1.54, 1.807) is 0 Å². The van der Waals surface area contributed by atoms with Gasteiger partial charge in [-0.1, -0.05) is 24.3 Å². The predicted octanol–water partition coefficient (Wildman–Crippen LogP) is 2.88. The van der Waals surface area contributed by atoms with Gasteiger partial charge >= 0.3 is 0 Å². The van der Waals surface area contributed by atoms with Gasteiger partial charge in [0.2, 0.25) is 0 Å². The third kappa shape index (κ3) is 3.79. The van der Waals surface area contributed by atoms with Gasteiger partial charge in [-0.15, -0.1) is 0 Å². The molecule has 0 amide bonds. The zero-order valence-corrected chi connectivity index (χ0v) is 9.89. The number of rotatable bonds is 5. The van der Waals surface area contributed by atoms with E-state index in [2.05, 4.69) is 10.3 Å². The lowest BCUT2D eigenvalue weighted by atomic mass is 10.3. The Kier molecular flexibility index (Phi) is 3.97. The van der Waals surface area contributed by atoms with E-state index in [0.29, 0.717) is 6.61 Å². The summed E-state index contributed by atoms with van der Waals surface area (Å²) in [5.74, 6) is 1.79. The molecule has 0 aliphatic carbocycles. The number of hydrogen-bond donors (Lipinski definition) is 1. The quantitative estimate of drug-likeness (QED) is 0.799. The number of aryl methyl sites for hydroxylation is 1. The molecule has 17 heavy (non-hydrogen) atoms. The Morgan fingerprint density at radius 2 is 1.88 bits per heavy atom. The molecule has 0 radical (unpaired) electrons. The maximum Gasteiger partial charge on any atom is 0.126 e. The normalized spacial score (nSPS) is 9.94. The van der Waals surface area contributed by atoms with Crippen molar-refractivity contribution in [1.29, 1.82) is 0 Å². The molecule has 0 bridgehead atoms. The molecule has 0 fully saturated rings. The van der Waals surface area contributed by atoms with Crippen molar-refractivity contribution in [3.8, 4) is 5.75 Å². The second-order valence-electron chi connectivity index (χ2n) is 3.75. The zero-order valence-electron chi connectivity index (χ0n) is 9.89. The van der Waals surface area contributed by atoms with Crippen molar-refractivity contribution in [2.24, 2.45) is 0 Å². The second-order valence-corrected chi connectivity index (χ2v) is 3.75. The van der Waals surface area contributed by atoms with E-state index in [1.165, 1.54) is 0 Å². The average molecular weight is 228 g/mol. The Morgan fingerprint density at radius 3 is 2.65 bits per heavy atom. The summed E-state index contributed by atoms with van der Waals surface area (Å²) >= 11 is 0. The predicted molar refractivity (Wildman–Crippen MR) is 69.4 cm³/mol. The zero-order chi connectivity index (χ0) is 11.9. The van der Waals surface area contributed by atoms with Crippen molar-refractivity contribution in [1.82, 2.24) is 4.98 Å². The summed E-state index contributed by atoms with van der Waals surface area (Å²) in [6, 6.07) is 15.7. The summed E-state index contributed by atoms with van der Waals surface area (Å²) in [4.78, 5) is 4.35. The van der Waals surface area contributed by atoms with E-state index in [1.807, 2.05) is 55.5 Å². The monoisotopic (exact) mass is 228 g/mol. The van der Waals surface area contributed by atoms with Crippen LogP contribution in [0.2, 0.25) is 0 Å². The molecule has 1 aromatic heterocycles. The van der Waals surface area contributed by atoms with Gasteiger partial charge in [0.05, 0.1) is 6.54 Å². The standard InChI is InChI=1S/C14H16N2O/c1-12-6-5-9-14(16-12)15-10-11-17-13-7-3-2-4-8-13/h2-9H,10-11H2,1H3,(H,15,16). The largest absolute Gasteiger partial charge is 0.492 e. The van der Waals surface area contributed by atoms with Crippen LogP contribution in [0.4, 0.5) is 5.82 Å². The van der Waals surface area contributed by atoms with Crippen molar-refractivity contribution < 1.29 is 4.74 Å². The van der Waals surface area contributed by atoms with E-state index in [4.69, 9.17) is 4.74 Å². The first-order valence-corrected chi connectivity index (χ1v) is 5.70. The molecular weight excluding hydrogens is 212 g/mol. The van der Waals surface area contributed by atoms with Crippen LogP contribution in [0.5, 0.6) is 5.75 Å². The summed E-state index contributed by atoms with van der Waals surface area (Å²) < 4.78 is 5.57. The molecule has 0 aliphatic rings. The minimum atomic E-state index is 0.625. The van der Waals surface area contributed by atoms with Gasteiger partial charge < -0.3 is 10.1 Å². The van der Waals surface area contributed by atoms with Crippen molar-refractivity contribution in [2.45, 2.75) is 6.92 Å². The molecule has 0 atom stereocenters. The summed E-state index contributed by atoms with van der Waals surface area (Å²) in [7, 11) is 0. The first kappa shape index (κ1) is 11.5. The molecule has 1 heterocycles. The number of anilines is 1. The molecule has 0 saturated heterocycles. The molecule has 2 aromatic rings. The number of nitrogens with one attached hydrogen (secondary N) is 1. The van der Waals surface area contributed by atoms with Crippen LogP contribution in [0, 0.1) is 6.92 Å². The number of ether oxygens (including phenoxy) is 1. The third-order valence-corrected chi connectivity index (χ3v) is 2.31. The highest BCUT2D eigenvalue weighted by Crippen LogP contribution is 2.08. The Bertz CT molecular complexity index is 457. The summed E-state index contributed by atoms with van der Waals surface area (Å²) in [6.45, 7) is 3.34. The highest BCUT2D eigenvalue weighted by Gasteiger charge is 1.94. The Labute approximate surface area is 101 Å². The first-order chi connectivity index (χ1) is 8.34. The van der Waals surface area contributed by atoms with Crippen molar-refractivity contribution in [3.63, 3.8) is 0 Å². The van der Waals surface area contributed by atoms with Crippen LogP contribution in [0.3, 0.4) is 0 Å². The summed E-state index contributed by atoms with van der Waals surface area (Å²) in [5.41, 5.74) is 1.01. The second kappa shape index (κ2) is 5.89. The summed E-state index contributed by atoms with van der Waals surface area (Å²) in [5, 5.41) is 3.22. The average Bonchev–Trinajstić information content (AvgIpc) is 2.36. The number of pyridine rings is 1. The fourth-order valence-corrected chi connectivity index (χ4v) is 1.51. The number of benzene rings is 1. The lowest BCUT2D eigenvalue weighted by molar-refractivity contribution is 0.333. The van der Waals surface area contributed by atoms with Crippen LogP contribution >= 0.6 is 0 Å². The van der Waals surface area contributed by atoms with Crippen molar-refractivity contribution in [2.75, 3.05) is 18.5 Å². The fraction of sp³-hybridized carbons (Fsp3) is 0.214. The van der Waals surface area contributed by atoms with Crippen LogP contribution in [-0.2, 0) is 0 Å². The van der Waals surface area contributed by atoms with Gasteiger partial charge in [-0.05, 0) is 31.2 Å². The first-order valence-electron chi connectivity index (χ1n) is 5.70. The van der Waals surface area contributed by atoms with Crippen LogP contribution in [-0.4, -0.2) is 18.1 Å². The molecule has 1 N–H and O–H groups in total. The smallest absolute Gasteiger partial charge is 0.126 e. The number of aromatic nitrogens is 1. The Hall–Kier alpha value is -2.03. The number of para-hydroxylation sites is 1. The molecule has 1 aromatic carbocycles. The highest BCUT2D eigenvalue weighted by molar-refractivity contribution is 5.34. The van der Waals surface area contributed by atoms with E-state index < -0.39 is 0 Å². The molecule has 0 unspecified atom stereocenters. The lowest BCUT2D eigenvalue weighted by Gasteiger charge is -2.08. The molecule has 2 rings (SSSR count). The molecule has 0 spiro atoms. The van der Waals surface area contributed by atoms with Crippen LogP contribution in [0.15, 0.2) is 48.5 Å². The fourth-order valence-electron chi connectivity index (χ4n) is 1.51. The molecule has 3 heteroatoms. The topological polar surface area (TPSA) is 34.1 Å². The van der Waals surface area contributed by atoms with Gasteiger partial charge in [-0.3, -0.25) is 0 Å². The van der Waals surface area contributed by atoms with E-state index >= 15 is 0 Å². The Morgan fingerprint density at radius 1 is 1.06 bits per heavy atom. The van der Waals surface area contributed by atoms with Gasteiger partial charge in [0.15, 0.2) is 0 Å². The van der Waals surface area contributed by atoms with E-state index in [9.17, 15) is 0 Å². The minimum Gasteiger partial charge on any atom is -0.492 e. The number of nitrogens with zero attached hydrogens (tertiary/aromatic N) is 1. The molecule has 0 saturated carbocycles. The van der Waals surface area contributed by atoms with Crippen molar-refractivity contribution >= 4 is 5.82 Å². The molecule has 3 nitrogen and oxygen atoms in total. The van der Waals surface area contributed by atoms with Crippen LogP contribution < -0.4 is 10.1 Å². The molecule has 88 valence electrons. The Balaban J connectivity index is 1.73. The SMILES string of the molecule is Cc1cccc(NCCOc2ccccc2)n1. The van der Waals surface area contributed by atoms with Gasteiger partial charge in [0.25, 0.3) is 0 Å². The highest BCUT2D eigenvalue weighted by atomic mass is 16.5. The maximum atomic E-state index is 5.57. The van der Waals surface area contributed by atoms with Gasteiger partial charge in [-0.2, -0.15) is 0 Å². The molecule has 0 aliphatic heterocycles. The van der Waals surface area contributed by atoms with E-state index in [-0.39, 0.29) is 0 Å². The van der Waals surface area contributed by atoms with Gasteiger partial charge in [0, 0.05) is 5.69 Å². The lowest BCUT2D eigenvalue weighted by Crippen LogP contribution is -2.12. The third-order valence-electron chi connectivity index (χ3n) is 2.31. The van der Waals surface area contributed by atoms with Crippen LogP contribution in [0.1, 0.15) is 5.69 Å². The van der Waals surface area contributed by atoms with Gasteiger partial charge in [-0.25, -0.2) is 4.98 Å². The minimum absolute atomic E-state index is 0.625. The van der Waals surface area contributed by atoms with Gasteiger partial charge in [0.1, 0.15) is 18.2 Å². The van der Waals surface area contributed by atoms with Crippen LogP contribution in [0.25, 0.3) is 0 Å². The maximum absolute atomic E-state index is 5.57. The van der Waals surface area contributed by atoms with E-state index in [0.717, 1.165) is 23.8 Å². The number of hydrogen-bond acceptors (Lipinski definition) is 3. The molecular formula is C14H16N2O.